The third-order valence-electron chi connectivity index (χ3n) is 2.35. The lowest BCUT2D eigenvalue weighted by Gasteiger charge is -2.18. The zero-order chi connectivity index (χ0) is 9.97. The third-order valence-corrected chi connectivity index (χ3v) is 2.35. The number of piperidine rings is 1. The molecule has 6 heteroatoms. The minimum atomic E-state index is -2.67. The molecule has 0 bridgehead atoms. The quantitative estimate of drug-likeness (QED) is 0.790. The largest absolute Gasteiger partial charge is 0.333 e. The molecule has 1 N–H and O–H groups in total. The Kier molecular flexibility index (Phi) is 2.72. The van der Waals surface area contributed by atoms with Crippen LogP contribution in [0.15, 0.2) is 4.52 Å². The van der Waals surface area contributed by atoms with E-state index in [1.165, 1.54) is 0 Å². The Morgan fingerprint density at radius 3 is 2.64 bits per heavy atom. The Morgan fingerprint density at radius 1 is 1.36 bits per heavy atom. The van der Waals surface area contributed by atoms with Crippen molar-refractivity contribution in [1.29, 1.82) is 0 Å². The molecule has 78 valence electrons. The van der Waals surface area contributed by atoms with Crippen LogP contribution < -0.4 is 5.32 Å². The molecule has 0 amide bonds. The summed E-state index contributed by atoms with van der Waals surface area (Å²) in [5.74, 6) is 0.00725. The summed E-state index contributed by atoms with van der Waals surface area (Å²) in [5, 5.41) is 6.75. The van der Waals surface area contributed by atoms with Crippen LogP contribution in [0.2, 0.25) is 0 Å². The minimum Gasteiger partial charge on any atom is -0.333 e. The van der Waals surface area contributed by atoms with Crippen molar-refractivity contribution in [2.24, 2.45) is 0 Å². The number of nitrogens with one attached hydrogen (secondary N) is 1. The molecule has 0 aromatic carbocycles. The van der Waals surface area contributed by atoms with E-state index in [2.05, 4.69) is 20.0 Å². The van der Waals surface area contributed by atoms with Gasteiger partial charge in [0, 0.05) is 5.92 Å². The zero-order valence-corrected chi connectivity index (χ0v) is 7.54. The number of alkyl halides is 2. The van der Waals surface area contributed by atoms with E-state index in [0.29, 0.717) is 5.82 Å². The lowest BCUT2D eigenvalue weighted by molar-refractivity contribution is 0.106. The van der Waals surface area contributed by atoms with Crippen LogP contribution in [-0.4, -0.2) is 23.2 Å². The monoisotopic (exact) mass is 203 g/mol. The molecule has 2 heterocycles. The number of hydrogen-bond donors (Lipinski definition) is 1. The fourth-order valence-corrected chi connectivity index (χ4v) is 1.58. The maximum absolute atomic E-state index is 12.1. The smallest absolute Gasteiger partial charge is 0.315 e. The molecule has 0 atom stereocenters. The average Bonchev–Trinajstić information content (AvgIpc) is 2.68. The summed E-state index contributed by atoms with van der Waals surface area (Å²) in [6.45, 7) is 1.76. The van der Waals surface area contributed by atoms with Crippen molar-refractivity contribution in [3.63, 3.8) is 0 Å². The van der Waals surface area contributed by atoms with E-state index in [-0.39, 0.29) is 5.92 Å². The van der Waals surface area contributed by atoms with E-state index in [4.69, 9.17) is 0 Å². The van der Waals surface area contributed by atoms with Gasteiger partial charge in [-0.15, -0.1) is 0 Å². The first-order chi connectivity index (χ1) is 6.77. The fourth-order valence-electron chi connectivity index (χ4n) is 1.58. The second-order valence-electron chi connectivity index (χ2n) is 3.32. The second-order valence-corrected chi connectivity index (χ2v) is 3.32. The first-order valence-corrected chi connectivity index (χ1v) is 4.59. The van der Waals surface area contributed by atoms with Crippen LogP contribution in [0, 0.1) is 0 Å². The van der Waals surface area contributed by atoms with E-state index in [1.54, 1.807) is 0 Å². The SMILES string of the molecule is FC(F)c1nc(C2CCNCC2)no1. The molecule has 4 nitrogen and oxygen atoms in total. The van der Waals surface area contributed by atoms with Crippen molar-refractivity contribution in [2.75, 3.05) is 13.1 Å². The van der Waals surface area contributed by atoms with Crippen LogP contribution in [-0.2, 0) is 0 Å². The van der Waals surface area contributed by atoms with Crippen molar-refractivity contribution in [3.8, 4) is 0 Å². The van der Waals surface area contributed by atoms with Crippen molar-refractivity contribution in [1.82, 2.24) is 15.5 Å². The maximum atomic E-state index is 12.1. The Hall–Kier alpha value is -1.04. The minimum absolute atomic E-state index is 0.160. The van der Waals surface area contributed by atoms with Gasteiger partial charge in [0.2, 0.25) is 0 Å². The number of aromatic nitrogens is 2. The van der Waals surface area contributed by atoms with E-state index >= 15 is 0 Å². The highest BCUT2D eigenvalue weighted by Gasteiger charge is 2.23. The molecule has 0 radical (unpaired) electrons. The Labute approximate surface area is 79.7 Å². The Balaban J connectivity index is 2.07. The Morgan fingerprint density at radius 2 is 2.07 bits per heavy atom. The van der Waals surface area contributed by atoms with E-state index in [1.807, 2.05) is 0 Å². The van der Waals surface area contributed by atoms with Gasteiger partial charge in [-0.1, -0.05) is 5.16 Å². The summed E-state index contributed by atoms with van der Waals surface area (Å²) in [7, 11) is 0. The molecule has 1 fully saturated rings. The van der Waals surface area contributed by atoms with Gasteiger partial charge in [0.05, 0.1) is 0 Å². The first kappa shape index (κ1) is 9.51. The van der Waals surface area contributed by atoms with Crippen LogP contribution >= 0.6 is 0 Å². The van der Waals surface area contributed by atoms with Crippen molar-refractivity contribution >= 4 is 0 Å². The molecular formula is C8H11F2N3O. The summed E-state index contributed by atoms with van der Waals surface area (Å²) in [5.41, 5.74) is 0. The van der Waals surface area contributed by atoms with Crippen LogP contribution in [0.3, 0.4) is 0 Å². The summed E-state index contributed by atoms with van der Waals surface area (Å²) in [4.78, 5) is 3.68. The molecule has 0 unspecified atom stereocenters. The first-order valence-electron chi connectivity index (χ1n) is 4.59. The van der Waals surface area contributed by atoms with Crippen LogP contribution in [0.5, 0.6) is 0 Å². The van der Waals surface area contributed by atoms with E-state index in [0.717, 1.165) is 25.9 Å². The summed E-state index contributed by atoms with van der Waals surface area (Å²) < 4.78 is 28.7. The standard InChI is InChI=1S/C8H11F2N3O/c9-6(10)8-12-7(13-14-8)5-1-3-11-4-2-5/h5-6,11H,1-4H2. The molecule has 1 aromatic rings. The van der Waals surface area contributed by atoms with E-state index < -0.39 is 12.3 Å². The normalized spacial score (nSPS) is 19.1. The molecule has 1 aromatic heterocycles. The van der Waals surface area contributed by atoms with Gasteiger partial charge in [-0.3, -0.25) is 0 Å². The van der Waals surface area contributed by atoms with Crippen LogP contribution in [0.1, 0.15) is 36.9 Å². The van der Waals surface area contributed by atoms with Crippen molar-refractivity contribution in [2.45, 2.75) is 25.2 Å². The van der Waals surface area contributed by atoms with Crippen molar-refractivity contribution < 1.29 is 13.3 Å². The predicted molar refractivity (Wildman–Crippen MR) is 44.1 cm³/mol. The second kappa shape index (κ2) is 4.00. The lowest BCUT2D eigenvalue weighted by atomic mass is 9.98. The maximum Gasteiger partial charge on any atom is 0.315 e. The predicted octanol–water partition coefficient (Wildman–Crippen LogP) is 1.47. The average molecular weight is 203 g/mol. The molecule has 1 saturated heterocycles. The molecule has 1 aliphatic heterocycles. The van der Waals surface area contributed by atoms with Gasteiger partial charge >= 0.3 is 6.43 Å². The number of halogens is 2. The van der Waals surface area contributed by atoms with Crippen LogP contribution in [0.4, 0.5) is 8.78 Å². The molecule has 1 aliphatic rings. The molecule has 14 heavy (non-hydrogen) atoms. The highest BCUT2D eigenvalue weighted by atomic mass is 19.3. The third kappa shape index (κ3) is 1.89. The van der Waals surface area contributed by atoms with Crippen molar-refractivity contribution in [3.05, 3.63) is 11.7 Å². The molecule has 0 aliphatic carbocycles. The lowest BCUT2D eigenvalue weighted by Crippen LogP contribution is -2.27. The fraction of sp³-hybridized carbons (Fsp3) is 0.750. The van der Waals surface area contributed by atoms with Gasteiger partial charge in [-0.05, 0) is 25.9 Å². The number of hydrogen-bond acceptors (Lipinski definition) is 4. The summed E-state index contributed by atoms with van der Waals surface area (Å²) in [6, 6.07) is 0. The molecule has 0 saturated carbocycles. The topological polar surface area (TPSA) is 51.0 Å². The van der Waals surface area contributed by atoms with Gasteiger partial charge in [-0.25, -0.2) is 0 Å². The number of rotatable bonds is 2. The molecular weight excluding hydrogens is 192 g/mol. The van der Waals surface area contributed by atoms with E-state index in [9.17, 15) is 8.78 Å². The van der Waals surface area contributed by atoms with Gasteiger partial charge in [0.15, 0.2) is 5.82 Å². The molecule has 0 spiro atoms. The molecule has 2 rings (SSSR count). The Bertz CT molecular complexity index is 297. The van der Waals surface area contributed by atoms with Gasteiger partial charge in [0.1, 0.15) is 0 Å². The summed E-state index contributed by atoms with van der Waals surface area (Å²) in [6.07, 6.45) is -0.914. The summed E-state index contributed by atoms with van der Waals surface area (Å²) >= 11 is 0. The highest BCUT2D eigenvalue weighted by Crippen LogP contribution is 2.24. The van der Waals surface area contributed by atoms with Gasteiger partial charge < -0.3 is 9.84 Å². The van der Waals surface area contributed by atoms with Gasteiger partial charge in [0.25, 0.3) is 5.89 Å². The highest BCUT2D eigenvalue weighted by molar-refractivity contribution is 4.97. The van der Waals surface area contributed by atoms with Crippen LogP contribution in [0.25, 0.3) is 0 Å². The zero-order valence-electron chi connectivity index (χ0n) is 7.54. The van der Waals surface area contributed by atoms with Gasteiger partial charge in [-0.2, -0.15) is 13.8 Å². The number of nitrogens with zero attached hydrogens (tertiary/aromatic N) is 2.